The molecule has 1 nitrogen and oxygen atoms in total. The lowest BCUT2D eigenvalue weighted by atomic mass is 9.94. The molecule has 0 amide bonds. The highest BCUT2D eigenvalue weighted by molar-refractivity contribution is 6.04. The molecule has 0 saturated carbocycles. The standard InChI is InChI=1S/C21H19N/c1-2-22-12-11-18-17-8-7-15-13-14-5-3-4-6-16(14)21(15)19(17)9-10-20(18)22/h3-10H,2,11-13H2,1H3. The minimum Gasteiger partial charge on any atom is -0.371 e. The summed E-state index contributed by atoms with van der Waals surface area (Å²) in [6.07, 6.45) is 2.26. The maximum atomic E-state index is 2.50. The molecule has 108 valence electrons. The first-order valence-corrected chi connectivity index (χ1v) is 8.27. The Labute approximate surface area is 131 Å². The van der Waals surface area contributed by atoms with E-state index in [2.05, 4.69) is 60.4 Å². The second kappa shape index (κ2) is 4.36. The Balaban J connectivity index is 1.83. The van der Waals surface area contributed by atoms with E-state index in [4.69, 9.17) is 0 Å². The van der Waals surface area contributed by atoms with Crippen molar-refractivity contribution in [3.05, 3.63) is 65.2 Å². The molecular formula is C21H19N. The zero-order valence-corrected chi connectivity index (χ0v) is 12.9. The lowest BCUT2D eigenvalue weighted by Gasteiger charge is -2.17. The van der Waals surface area contributed by atoms with Crippen molar-refractivity contribution in [3.63, 3.8) is 0 Å². The first-order valence-electron chi connectivity index (χ1n) is 8.27. The molecule has 3 aromatic rings. The molecule has 0 unspecified atom stereocenters. The SMILES string of the molecule is CCN1CCc2c1ccc1c3c(ccc21)Cc1ccccc1-3. The summed E-state index contributed by atoms with van der Waals surface area (Å²) >= 11 is 0. The van der Waals surface area contributed by atoms with Crippen molar-refractivity contribution < 1.29 is 0 Å². The number of rotatable bonds is 1. The van der Waals surface area contributed by atoms with E-state index in [0.717, 1.165) is 13.0 Å². The average Bonchev–Trinajstić information content (AvgIpc) is 3.15. The molecule has 0 fully saturated rings. The van der Waals surface area contributed by atoms with Crippen LogP contribution < -0.4 is 4.90 Å². The monoisotopic (exact) mass is 285 g/mol. The van der Waals surface area contributed by atoms with E-state index in [9.17, 15) is 0 Å². The summed E-state index contributed by atoms with van der Waals surface area (Å²) < 4.78 is 0. The molecule has 1 heteroatoms. The summed E-state index contributed by atoms with van der Waals surface area (Å²) in [5.74, 6) is 0. The topological polar surface area (TPSA) is 3.24 Å². The fourth-order valence-corrected chi connectivity index (χ4v) is 4.35. The van der Waals surface area contributed by atoms with E-state index in [1.165, 1.54) is 51.7 Å². The molecule has 1 heterocycles. The molecule has 1 aliphatic carbocycles. The van der Waals surface area contributed by atoms with Crippen molar-refractivity contribution in [1.82, 2.24) is 0 Å². The molecule has 0 radical (unpaired) electrons. The van der Waals surface area contributed by atoms with Crippen LogP contribution in [0.2, 0.25) is 0 Å². The Bertz CT molecular complexity index is 907. The normalized spacial score (nSPS) is 15.0. The van der Waals surface area contributed by atoms with E-state index in [1.54, 1.807) is 5.56 Å². The Kier molecular flexibility index (Phi) is 2.43. The zero-order valence-electron chi connectivity index (χ0n) is 12.9. The van der Waals surface area contributed by atoms with Gasteiger partial charge in [-0.3, -0.25) is 0 Å². The van der Waals surface area contributed by atoms with Crippen molar-refractivity contribution in [2.75, 3.05) is 18.0 Å². The van der Waals surface area contributed by atoms with Crippen LogP contribution in [0.15, 0.2) is 48.5 Å². The van der Waals surface area contributed by atoms with Crippen LogP contribution in [0.4, 0.5) is 5.69 Å². The van der Waals surface area contributed by atoms with Crippen LogP contribution in [0, 0.1) is 0 Å². The largest absolute Gasteiger partial charge is 0.371 e. The molecule has 0 bridgehead atoms. The predicted octanol–water partition coefficient (Wildman–Crippen LogP) is 4.79. The summed E-state index contributed by atoms with van der Waals surface area (Å²) in [4.78, 5) is 2.50. The van der Waals surface area contributed by atoms with Crippen molar-refractivity contribution in [3.8, 4) is 11.1 Å². The minimum absolute atomic E-state index is 1.08. The second-order valence-corrected chi connectivity index (χ2v) is 6.42. The lowest BCUT2D eigenvalue weighted by molar-refractivity contribution is 0.869. The number of nitrogens with zero attached hydrogens (tertiary/aromatic N) is 1. The number of hydrogen-bond acceptors (Lipinski definition) is 1. The van der Waals surface area contributed by atoms with Gasteiger partial charge in [0.05, 0.1) is 0 Å². The van der Waals surface area contributed by atoms with Gasteiger partial charge >= 0.3 is 0 Å². The van der Waals surface area contributed by atoms with Gasteiger partial charge in [-0.2, -0.15) is 0 Å². The molecule has 0 spiro atoms. The quantitative estimate of drug-likeness (QED) is 0.486. The third-order valence-electron chi connectivity index (χ3n) is 5.40. The Morgan fingerprint density at radius 3 is 2.68 bits per heavy atom. The zero-order chi connectivity index (χ0) is 14.7. The van der Waals surface area contributed by atoms with Gasteiger partial charge in [0, 0.05) is 18.8 Å². The molecule has 1 aliphatic heterocycles. The van der Waals surface area contributed by atoms with Crippen molar-refractivity contribution >= 4 is 16.5 Å². The molecular weight excluding hydrogens is 266 g/mol. The van der Waals surface area contributed by atoms with Crippen LogP contribution in [-0.2, 0) is 12.8 Å². The van der Waals surface area contributed by atoms with Gasteiger partial charge in [-0.15, -0.1) is 0 Å². The maximum Gasteiger partial charge on any atom is 0.0405 e. The molecule has 3 aromatic carbocycles. The van der Waals surface area contributed by atoms with Crippen molar-refractivity contribution in [1.29, 1.82) is 0 Å². The number of anilines is 1. The van der Waals surface area contributed by atoms with Gasteiger partial charge in [-0.05, 0) is 64.4 Å². The molecule has 0 atom stereocenters. The van der Waals surface area contributed by atoms with E-state index >= 15 is 0 Å². The van der Waals surface area contributed by atoms with E-state index in [-0.39, 0.29) is 0 Å². The van der Waals surface area contributed by atoms with Crippen molar-refractivity contribution in [2.45, 2.75) is 19.8 Å². The molecule has 2 aliphatic rings. The third kappa shape index (κ3) is 1.49. The van der Waals surface area contributed by atoms with Gasteiger partial charge < -0.3 is 4.90 Å². The summed E-state index contributed by atoms with van der Waals surface area (Å²) in [5.41, 5.74) is 8.87. The van der Waals surface area contributed by atoms with Crippen LogP contribution in [-0.4, -0.2) is 13.1 Å². The van der Waals surface area contributed by atoms with E-state index in [1.807, 2.05) is 0 Å². The van der Waals surface area contributed by atoms with Gasteiger partial charge in [0.2, 0.25) is 0 Å². The highest BCUT2D eigenvalue weighted by atomic mass is 15.1. The lowest BCUT2D eigenvalue weighted by Crippen LogP contribution is -2.18. The van der Waals surface area contributed by atoms with Gasteiger partial charge in [-0.25, -0.2) is 0 Å². The van der Waals surface area contributed by atoms with Gasteiger partial charge in [0.15, 0.2) is 0 Å². The molecule has 0 aromatic heterocycles. The van der Waals surface area contributed by atoms with Crippen molar-refractivity contribution in [2.24, 2.45) is 0 Å². The average molecular weight is 285 g/mol. The van der Waals surface area contributed by atoms with Gasteiger partial charge in [0.25, 0.3) is 0 Å². The summed E-state index contributed by atoms with van der Waals surface area (Å²) in [6.45, 7) is 4.52. The molecule has 0 saturated heterocycles. The van der Waals surface area contributed by atoms with Crippen LogP contribution >= 0.6 is 0 Å². The maximum absolute atomic E-state index is 2.50. The molecule has 22 heavy (non-hydrogen) atoms. The smallest absolute Gasteiger partial charge is 0.0405 e. The molecule has 5 rings (SSSR count). The predicted molar refractivity (Wildman–Crippen MR) is 93.8 cm³/mol. The summed E-state index contributed by atoms with van der Waals surface area (Å²) in [7, 11) is 0. The van der Waals surface area contributed by atoms with Crippen LogP contribution in [0.1, 0.15) is 23.6 Å². The number of fused-ring (bicyclic) bond motifs is 7. The fourth-order valence-electron chi connectivity index (χ4n) is 4.35. The fraction of sp³-hybridized carbons (Fsp3) is 0.238. The molecule has 0 N–H and O–H groups in total. The third-order valence-corrected chi connectivity index (χ3v) is 5.40. The Hall–Kier alpha value is -2.28. The van der Waals surface area contributed by atoms with E-state index < -0.39 is 0 Å². The Morgan fingerprint density at radius 1 is 0.909 bits per heavy atom. The van der Waals surface area contributed by atoms with Crippen LogP contribution in [0.3, 0.4) is 0 Å². The summed E-state index contributed by atoms with van der Waals surface area (Å²) in [6, 6.07) is 18.3. The minimum atomic E-state index is 1.08. The highest BCUT2D eigenvalue weighted by Gasteiger charge is 2.24. The number of likely N-dealkylation sites (N-methyl/N-ethyl adjacent to an activating group) is 1. The first kappa shape index (κ1) is 12.3. The van der Waals surface area contributed by atoms with Gasteiger partial charge in [-0.1, -0.05) is 42.5 Å². The highest BCUT2D eigenvalue weighted by Crippen LogP contribution is 2.44. The van der Waals surface area contributed by atoms with Gasteiger partial charge in [0.1, 0.15) is 0 Å². The number of hydrogen-bond donors (Lipinski definition) is 0. The first-order chi connectivity index (χ1) is 10.9. The summed E-state index contributed by atoms with van der Waals surface area (Å²) in [5, 5.41) is 2.91. The number of benzene rings is 3. The van der Waals surface area contributed by atoms with Crippen LogP contribution in [0.25, 0.3) is 21.9 Å². The Morgan fingerprint density at radius 2 is 1.77 bits per heavy atom. The van der Waals surface area contributed by atoms with E-state index in [0.29, 0.717) is 0 Å². The second-order valence-electron chi connectivity index (χ2n) is 6.42. The van der Waals surface area contributed by atoms with Crippen LogP contribution in [0.5, 0.6) is 0 Å².